The molecule has 0 saturated heterocycles. The topological polar surface area (TPSA) is 69.2 Å². The first-order valence-electron chi connectivity index (χ1n) is 9.23. The van der Waals surface area contributed by atoms with Gasteiger partial charge in [-0.3, -0.25) is 4.79 Å². The summed E-state index contributed by atoms with van der Waals surface area (Å²) in [5.74, 6) is 1.18. The van der Waals surface area contributed by atoms with Crippen molar-refractivity contribution < 1.29 is 19.0 Å². The standard InChI is InChI=1S/C23H20BrClN2O4/c1-29-20-10-8-17(24)12-18(20)23(28)27-26-13-15-7-9-21(22(11-15)30-2)31-14-16-5-3-4-6-19(16)25/h3-13H,14H2,1-2H3,(H,27,28)/b26-13-. The number of amides is 1. The Kier molecular flexibility index (Phi) is 7.92. The van der Waals surface area contributed by atoms with E-state index in [4.69, 9.17) is 25.8 Å². The molecule has 3 aromatic carbocycles. The molecule has 0 aliphatic rings. The number of hydrogen-bond donors (Lipinski definition) is 1. The second kappa shape index (κ2) is 10.8. The van der Waals surface area contributed by atoms with Crippen LogP contribution in [-0.4, -0.2) is 26.3 Å². The second-order valence-electron chi connectivity index (χ2n) is 6.33. The lowest BCUT2D eigenvalue weighted by molar-refractivity contribution is 0.0952. The number of nitrogens with one attached hydrogen (secondary N) is 1. The lowest BCUT2D eigenvalue weighted by Gasteiger charge is -2.12. The van der Waals surface area contributed by atoms with Crippen molar-refractivity contribution in [3.8, 4) is 17.2 Å². The van der Waals surface area contributed by atoms with E-state index in [9.17, 15) is 4.79 Å². The molecule has 160 valence electrons. The molecule has 1 N–H and O–H groups in total. The summed E-state index contributed by atoms with van der Waals surface area (Å²) in [6, 6.07) is 18.0. The van der Waals surface area contributed by atoms with Crippen LogP contribution in [0.15, 0.2) is 70.2 Å². The number of benzene rings is 3. The maximum absolute atomic E-state index is 12.4. The van der Waals surface area contributed by atoms with Gasteiger partial charge in [-0.2, -0.15) is 5.10 Å². The minimum absolute atomic E-state index is 0.313. The summed E-state index contributed by atoms with van der Waals surface area (Å²) in [7, 11) is 3.06. The molecule has 0 saturated carbocycles. The SMILES string of the molecule is COc1cc(/C=N\NC(=O)c2cc(Br)ccc2OC)ccc1OCc1ccccc1Cl. The van der Waals surface area contributed by atoms with Gasteiger partial charge < -0.3 is 14.2 Å². The van der Waals surface area contributed by atoms with Crippen LogP contribution in [0.25, 0.3) is 0 Å². The molecule has 0 aliphatic carbocycles. The molecule has 0 bridgehead atoms. The van der Waals surface area contributed by atoms with Gasteiger partial charge in [0.1, 0.15) is 12.4 Å². The van der Waals surface area contributed by atoms with Crippen molar-refractivity contribution >= 4 is 39.7 Å². The summed E-state index contributed by atoms with van der Waals surface area (Å²) < 4.78 is 17.2. The van der Waals surface area contributed by atoms with Crippen molar-refractivity contribution in [2.75, 3.05) is 14.2 Å². The largest absolute Gasteiger partial charge is 0.496 e. The summed E-state index contributed by atoms with van der Waals surface area (Å²) in [5.41, 5.74) is 4.47. The monoisotopic (exact) mass is 502 g/mol. The molecule has 0 radical (unpaired) electrons. The van der Waals surface area contributed by atoms with Crippen molar-refractivity contribution in [3.05, 3.63) is 86.8 Å². The number of ether oxygens (including phenoxy) is 3. The van der Waals surface area contributed by atoms with Gasteiger partial charge in [0, 0.05) is 15.1 Å². The number of methoxy groups -OCH3 is 2. The van der Waals surface area contributed by atoms with Crippen LogP contribution in [0.4, 0.5) is 0 Å². The maximum atomic E-state index is 12.4. The van der Waals surface area contributed by atoms with Crippen LogP contribution in [0, 0.1) is 0 Å². The molecule has 6 nitrogen and oxygen atoms in total. The summed E-state index contributed by atoms with van der Waals surface area (Å²) in [6.07, 6.45) is 1.52. The molecule has 0 atom stereocenters. The Hall–Kier alpha value is -3.03. The molecule has 8 heteroatoms. The van der Waals surface area contributed by atoms with Crippen LogP contribution in [0.3, 0.4) is 0 Å². The molecule has 3 aromatic rings. The van der Waals surface area contributed by atoms with Gasteiger partial charge in [0.2, 0.25) is 0 Å². The van der Waals surface area contributed by atoms with Gasteiger partial charge in [-0.1, -0.05) is 45.7 Å². The number of hydrogen-bond acceptors (Lipinski definition) is 5. The zero-order valence-electron chi connectivity index (χ0n) is 16.9. The zero-order valence-corrected chi connectivity index (χ0v) is 19.2. The van der Waals surface area contributed by atoms with Crippen molar-refractivity contribution in [1.82, 2.24) is 5.43 Å². The third-order valence-electron chi connectivity index (χ3n) is 4.31. The van der Waals surface area contributed by atoms with Gasteiger partial charge in [0.05, 0.1) is 26.0 Å². The number of rotatable bonds is 8. The van der Waals surface area contributed by atoms with Gasteiger partial charge in [0.15, 0.2) is 11.5 Å². The molecule has 0 aromatic heterocycles. The van der Waals surface area contributed by atoms with E-state index < -0.39 is 0 Å². The number of nitrogens with zero attached hydrogens (tertiary/aromatic N) is 1. The average Bonchev–Trinajstić information content (AvgIpc) is 2.78. The Morgan fingerprint density at radius 1 is 1.03 bits per heavy atom. The average molecular weight is 504 g/mol. The molecule has 1 amide bonds. The molecule has 0 heterocycles. The summed E-state index contributed by atoms with van der Waals surface area (Å²) in [6.45, 7) is 0.313. The smallest absolute Gasteiger partial charge is 0.275 e. The van der Waals surface area contributed by atoms with E-state index in [-0.39, 0.29) is 5.91 Å². The first-order valence-corrected chi connectivity index (χ1v) is 10.4. The first kappa shape index (κ1) is 22.7. The van der Waals surface area contributed by atoms with E-state index >= 15 is 0 Å². The lowest BCUT2D eigenvalue weighted by Crippen LogP contribution is -2.18. The second-order valence-corrected chi connectivity index (χ2v) is 7.66. The number of halogens is 2. The Balaban J connectivity index is 1.67. The van der Waals surface area contributed by atoms with E-state index in [0.717, 1.165) is 15.6 Å². The Morgan fingerprint density at radius 3 is 2.52 bits per heavy atom. The fraction of sp³-hybridized carbons (Fsp3) is 0.130. The van der Waals surface area contributed by atoms with Crippen molar-refractivity contribution in [2.45, 2.75) is 6.61 Å². The highest BCUT2D eigenvalue weighted by atomic mass is 79.9. The van der Waals surface area contributed by atoms with Crippen molar-refractivity contribution in [2.24, 2.45) is 5.10 Å². The quantitative estimate of drug-likeness (QED) is 0.327. The lowest BCUT2D eigenvalue weighted by atomic mass is 10.2. The Labute approximate surface area is 193 Å². The van der Waals surface area contributed by atoms with Crippen LogP contribution in [0.2, 0.25) is 5.02 Å². The minimum Gasteiger partial charge on any atom is -0.496 e. The third-order valence-corrected chi connectivity index (χ3v) is 5.18. The highest BCUT2D eigenvalue weighted by Gasteiger charge is 2.12. The highest BCUT2D eigenvalue weighted by molar-refractivity contribution is 9.10. The van der Waals surface area contributed by atoms with Gasteiger partial charge in [0.25, 0.3) is 5.91 Å². The van der Waals surface area contributed by atoms with E-state index in [1.807, 2.05) is 24.3 Å². The van der Waals surface area contributed by atoms with Crippen molar-refractivity contribution in [1.29, 1.82) is 0 Å². The van der Waals surface area contributed by atoms with Gasteiger partial charge in [-0.15, -0.1) is 0 Å². The number of carbonyl (C=O) groups is 1. The van der Waals surface area contributed by atoms with Crippen LogP contribution < -0.4 is 19.6 Å². The van der Waals surface area contributed by atoms with Crippen LogP contribution >= 0.6 is 27.5 Å². The predicted molar refractivity (Wildman–Crippen MR) is 125 cm³/mol. The van der Waals surface area contributed by atoms with Crippen molar-refractivity contribution in [3.63, 3.8) is 0 Å². The summed E-state index contributed by atoms with van der Waals surface area (Å²) in [5, 5.41) is 4.67. The molecule has 0 spiro atoms. The number of carbonyl (C=O) groups excluding carboxylic acids is 1. The molecule has 0 unspecified atom stereocenters. The van der Waals surface area contributed by atoms with Gasteiger partial charge >= 0.3 is 0 Å². The first-order chi connectivity index (χ1) is 15.0. The zero-order chi connectivity index (χ0) is 22.2. The fourth-order valence-electron chi connectivity index (χ4n) is 2.74. The number of hydrazone groups is 1. The van der Waals surface area contributed by atoms with E-state index in [1.165, 1.54) is 13.3 Å². The van der Waals surface area contributed by atoms with E-state index in [0.29, 0.717) is 34.4 Å². The van der Waals surface area contributed by atoms with E-state index in [2.05, 4.69) is 26.5 Å². The van der Waals surface area contributed by atoms with Gasteiger partial charge in [-0.05, 0) is 48.0 Å². The molecule has 3 rings (SSSR count). The predicted octanol–water partition coefficient (Wildman–Crippen LogP) is 5.46. The molecule has 0 aliphatic heterocycles. The Bertz CT molecular complexity index is 1100. The third kappa shape index (κ3) is 5.99. The maximum Gasteiger partial charge on any atom is 0.275 e. The normalized spacial score (nSPS) is 10.7. The summed E-state index contributed by atoms with van der Waals surface area (Å²) in [4.78, 5) is 12.4. The minimum atomic E-state index is -0.388. The van der Waals surface area contributed by atoms with Gasteiger partial charge in [-0.25, -0.2) is 5.43 Å². The summed E-state index contributed by atoms with van der Waals surface area (Å²) >= 11 is 9.52. The van der Waals surface area contributed by atoms with E-state index in [1.54, 1.807) is 43.5 Å². The van der Waals surface area contributed by atoms with Crippen LogP contribution in [-0.2, 0) is 6.61 Å². The molecule has 31 heavy (non-hydrogen) atoms. The molecule has 0 fully saturated rings. The van der Waals surface area contributed by atoms with Crippen LogP contribution in [0.5, 0.6) is 17.2 Å². The highest BCUT2D eigenvalue weighted by Crippen LogP contribution is 2.29. The Morgan fingerprint density at radius 2 is 1.77 bits per heavy atom. The van der Waals surface area contributed by atoms with Crippen LogP contribution in [0.1, 0.15) is 21.5 Å². The molecular formula is C23H20BrClN2O4. The molecular weight excluding hydrogens is 484 g/mol. The fourth-order valence-corrected chi connectivity index (χ4v) is 3.29.